The highest BCUT2D eigenvalue weighted by atomic mass is 19.3. The molecule has 1 aliphatic rings. The number of rotatable bonds is 7. The van der Waals surface area contributed by atoms with E-state index in [9.17, 15) is 18.0 Å². The van der Waals surface area contributed by atoms with Crippen molar-refractivity contribution in [3.05, 3.63) is 76.0 Å². The summed E-state index contributed by atoms with van der Waals surface area (Å²) < 4.78 is 49.8. The molecule has 2 heterocycles. The highest BCUT2D eigenvalue weighted by Gasteiger charge is 2.26. The normalized spacial score (nSPS) is 13.6. The van der Waals surface area contributed by atoms with Gasteiger partial charge < -0.3 is 14.5 Å². The zero-order chi connectivity index (χ0) is 22.2. The fraction of sp³-hybridized carbons (Fsp3) is 0.217. The van der Waals surface area contributed by atoms with Crippen LogP contribution in [0.5, 0.6) is 11.5 Å². The molecule has 32 heavy (non-hydrogen) atoms. The van der Waals surface area contributed by atoms with Crippen LogP contribution >= 0.6 is 0 Å². The molecule has 9 heteroatoms. The molecule has 164 valence electrons. The van der Waals surface area contributed by atoms with Crippen molar-refractivity contribution in [2.75, 3.05) is 0 Å². The van der Waals surface area contributed by atoms with Gasteiger partial charge in [-0.05, 0) is 54.3 Å². The third-order valence-electron chi connectivity index (χ3n) is 5.26. The van der Waals surface area contributed by atoms with E-state index in [-0.39, 0.29) is 35.4 Å². The molecular weight excluding hydrogens is 423 g/mol. The number of alkyl halides is 2. The number of ether oxygens (including phenoxy) is 2. The Morgan fingerprint density at radius 1 is 1.12 bits per heavy atom. The van der Waals surface area contributed by atoms with Crippen molar-refractivity contribution in [1.29, 1.82) is 0 Å². The second kappa shape index (κ2) is 8.07. The summed E-state index contributed by atoms with van der Waals surface area (Å²) >= 11 is 0. The summed E-state index contributed by atoms with van der Waals surface area (Å²) in [6.07, 6.45) is 3.42. The minimum Gasteiger partial charge on any atom is -0.487 e. The molecule has 0 radical (unpaired) electrons. The van der Waals surface area contributed by atoms with Gasteiger partial charge in [-0.2, -0.15) is 13.9 Å². The molecule has 2 N–H and O–H groups in total. The number of H-pyrrole nitrogens is 2. The van der Waals surface area contributed by atoms with Crippen molar-refractivity contribution in [2.24, 2.45) is 0 Å². The minimum absolute atomic E-state index is 0.0354. The number of hydrogen-bond acceptors (Lipinski definition) is 4. The Labute approximate surface area is 180 Å². The van der Waals surface area contributed by atoms with Crippen LogP contribution in [0.4, 0.5) is 13.2 Å². The molecule has 4 aromatic rings. The van der Waals surface area contributed by atoms with Crippen molar-refractivity contribution in [1.82, 2.24) is 15.2 Å². The SMILES string of the molecule is O=c1[nH]ncc2[nH]c(-c3ccc(OC(F)F)c(OC4CC4)c3)c(Cc3cccc(F)c3)c12. The summed E-state index contributed by atoms with van der Waals surface area (Å²) in [7, 11) is 0. The van der Waals surface area contributed by atoms with Gasteiger partial charge in [0.05, 0.1) is 28.9 Å². The molecule has 0 bridgehead atoms. The van der Waals surface area contributed by atoms with E-state index in [4.69, 9.17) is 4.74 Å². The van der Waals surface area contributed by atoms with Gasteiger partial charge in [0.1, 0.15) is 5.82 Å². The van der Waals surface area contributed by atoms with Crippen molar-refractivity contribution >= 4 is 10.9 Å². The molecular formula is C23H18F3N3O3. The predicted octanol–water partition coefficient (Wildman–Crippen LogP) is 4.79. The van der Waals surface area contributed by atoms with Crippen LogP contribution in [0.2, 0.25) is 0 Å². The molecule has 1 fully saturated rings. The first kappa shape index (κ1) is 20.2. The van der Waals surface area contributed by atoms with Crippen molar-refractivity contribution < 1.29 is 22.6 Å². The number of fused-ring (bicyclic) bond motifs is 1. The van der Waals surface area contributed by atoms with Crippen molar-refractivity contribution in [2.45, 2.75) is 32.0 Å². The number of aromatic nitrogens is 3. The van der Waals surface area contributed by atoms with E-state index >= 15 is 0 Å². The zero-order valence-corrected chi connectivity index (χ0v) is 16.7. The van der Waals surface area contributed by atoms with Gasteiger partial charge in [0.2, 0.25) is 0 Å². The van der Waals surface area contributed by atoms with Gasteiger partial charge in [0, 0.05) is 12.0 Å². The summed E-state index contributed by atoms with van der Waals surface area (Å²) in [6.45, 7) is -2.98. The Hall–Kier alpha value is -3.75. The average molecular weight is 441 g/mol. The first-order valence-corrected chi connectivity index (χ1v) is 10.1. The Kier molecular flexibility index (Phi) is 5.08. The van der Waals surface area contributed by atoms with Crippen LogP contribution in [-0.4, -0.2) is 27.9 Å². The number of nitrogens with zero attached hydrogens (tertiary/aromatic N) is 1. The van der Waals surface area contributed by atoms with E-state index in [1.165, 1.54) is 24.4 Å². The van der Waals surface area contributed by atoms with Gasteiger partial charge in [0.15, 0.2) is 11.5 Å². The maximum Gasteiger partial charge on any atom is 0.387 e. The first-order chi connectivity index (χ1) is 15.5. The first-order valence-electron chi connectivity index (χ1n) is 10.1. The average Bonchev–Trinajstić information content (AvgIpc) is 3.49. The Morgan fingerprint density at radius 2 is 1.97 bits per heavy atom. The van der Waals surface area contributed by atoms with Gasteiger partial charge in [0.25, 0.3) is 5.56 Å². The fourth-order valence-electron chi connectivity index (χ4n) is 3.72. The van der Waals surface area contributed by atoms with Crippen LogP contribution in [0.25, 0.3) is 22.2 Å². The molecule has 0 spiro atoms. The maximum atomic E-state index is 13.8. The molecule has 5 rings (SSSR count). The van der Waals surface area contributed by atoms with Crippen LogP contribution < -0.4 is 15.0 Å². The number of hydrogen-bond donors (Lipinski definition) is 2. The fourth-order valence-corrected chi connectivity index (χ4v) is 3.72. The van der Waals surface area contributed by atoms with Gasteiger partial charge in [-0.25, -0.2) is 9.49 Å². The highest BCUT2D eigenvalue weighted by molar-refractivity contribution is 5.90. The summed E-state index contributed by atoms with van der Waals surface area (Å²) in [5.74, 6) is -0.237. The minimum atomic E-state index is -2.98. The zero-order valence-electron chi connectivity index (χ0n) is 16.7. The molecule has 0 unspecified atom stereocenters. The van der Waals surface area contributed by atoms with Gasteiger partial charge in [-0.1, -0.05) is 12.1 Å². The summed E-state index contributed by atoms with van der Waals surface area (Å²) in [4.78, 5) is 15.7. The quantitative estimate of drug-likeness (QED) is 0.432. The summed E-state index contributed by atoms with van der Waals surface area (Å²) in [5.41, 5.74) is 2.64. The van der Waals surface area contributed by atoms with Crippen molar-refractivity contribution in [3.63, 3.8) is 0 Å². The van der Waals surface area contributed by atoms with Crippen molar-refractivity contribution in [3.8, 4) is 22.8 Å². The number of halogens is 3. The second-order valence-corrected chi connectivity index (χ2v) is 7.63. The smallest absolute Gasteiger partial charge is 0.387 e. The molecule has 2 aromatic heterocycles. The Bertz CT molecular complexity index is 1350. The third kappa shape index (κ3) is 4.05. The van der Waals surface area contributed by atoms with E-state index in [2.05, 4.69) is 19.9 Å². The highest BCUT2D eigenvalue weighted by Crippen LogP contribution is 2.39. The summed E-state index contributed by atoms with van der Waals surface area (Å²) in [6, 6.07) is 10.7. The molecule has 1 saturated carbocycles. The van der Waals surface area contributed by atoms with Crippen LogP contribution in [0, 0.1) is 5.82 Å². The third-order valence-corrected chi connectivity index (χ3v) is 5.26. The van der Waals surface area contributed by atoms with Gasteiger partial charge >= 0.3 is 6.61 Å². The van der Waals surface area contributed by atoms with Gasteiger partial charge in [-0.15, -0.1) is 0 Å². The lowest BCUT2D eigenvalue weighted by atomic mass is 9.99. The molecule has 0 saturated heterocycles. The maximum absolute atomic E-state index is 13.8. The summed E-state index contributed by atoms with van der Waals surface area (Å²) in [5, 5.41) is 6.66. The van der Waals surface area contributed by atoms with E-state index in [1.807, 2.05) is 0 Å². The van der Waals surface area contributed by atoms with E-state index in [0.717, 1.165) is 12.8 Å². The molecule has 0 aliphatic heterocycles. The van der Waals surface area contributed by atoms with Gasteiger partial charge in [-0.3, -0.25) is 4.79 Å². The lowest BCUT2D eigenvalue weighted by molar-refractivity contribution is -0.0516. The largest absolute Gasteiger partial charge is 0.487 e. The van der Waals surface area contributed by atoms with Crippen LogP contribution in [0.1, 0.15) is 24.0 Å². The van der Waals surface area contributed by atoms with E-state index in [0.29, 0.717) is 33.3 Å². The molecule has 2 aromatic carbocycles. The molecule has 0 amide bonds. The monoisotopic (exact) mass is 441 g/mol. The molecule has 1 aliphatic carbocycles. The Morgan fingerprint density at radius 3 is 2.72 bits per heavy atom. The van der Waals surface area contributed by atoms with Crippen LogP contribution in [-0.2, 0) is 6.42 Å². The van der Waals surface area contributed by atoms with Crippen LogP contribution in [0.3, 0.4) is 0 Å². The van der Waals surface area contributed by atoms with E-state index < -0.39 is 6.61 Å². The predicted molar refractivity (Wildman–Crippen MR) is 112 cm³/mol. The Balaban J connectivity index is 1.65. The van der Waals surface area contributed by atoms with Crippen LogP contribution in [0.15, 0.2) is 53.5 Å². The van der Waals surface area contributed by atoms with E-state index in [1.54, 1.807) is 24.3 Å². The lowest BCUT2D eigenvalue weighted by Crippen LogP contribution is -2.08. The lowest BCUT2D eigenvalue weighted by Gasteiger charge is -2.14. The standard InChI is InChI=1S/C23H18F3N3O3/c24-14-3-1-2-12(8-14)9-16-20-17(11-27-29-22(20)30)28-21(16)13-4-7-18(32-23(25)26)19(10-13)31-15-5-6-15/h1-4,7-8,10-11,15,23,28H,5-6,9H2,(H,29,30). The number of aromatic amines is 2. The molecule has 6 nitrogen and oxygen atoms in total. The number of nitrogens with one attached hydrogen (secondary N) is 2. The number of benzene rings is 2. The second-order valence-electron chi connectivity index (χ2n) is 7.63. The molecule has 0 atom stereocenters. The topological polar surface area (TPSA) is 80.0 Å².